The van der Waals surface area contributed by atoms with Crippen molar-refractivity contribution in [2.24, 2.45) is 5.41 Å². The fourth-order valence-corrected chi connectivity index (χ4v) is 3.00. The molecule has 0 aliphatic heterocycles. The van der Waals surface area contributed by atoms with Crippen molar-refractivity contribution in [3.8, 4) is 0 Å². The maximum Gasteiger partial charge on any atom is 0.354 e. The van der Waals surface area contributed by atoms with Crippen LogP contribution in [-0.4, -0.2) is 52.7 Å². The molecule has 1 amide bonds. The summed E-state index contributed by atoms with van der Waals surface area (Å²) in [5.74, 6) is -1.26. The van der Waals surface area contributed by atoms with Gasteiger partial charge in [-0.25, -0.2) is 9.78 Å². The van der Waals surface area contributed by atoms with Gasteiger partial charge < -0.3 is 14.7 Å². The zero-order valence-corrected chi connectivity index (χ0v) is 13.4. The van der Waals surface area contributed by atoms with Crippen LogP contribution in [0.2, 0.25) is 0 Å². The minimum atomic E-state index is -1.10. The van der Waals surface area contributed by atoms with E-state index in [-0.39, 0.29) is 29.2 Å². The monoisotopic (exact) mass is 306 g/mol. The minimum absolute atomic E-state index is 0.0698. The second kappa shape index (κ2) is 6.04. The number of hydrogen-bond donors (Lipinski definition) is 1. The van der Waals surface area contributed by atoms with Gasteiger partial charge in [-0.3, -0.25) is 4.79 Å². The highest BCUT2D eigenvalue weighted by Crippen LogP contribution is 2.45. The van der Waals surface area contributed by atoms with Gasteiger partial charge in [0.05, 0.1) is 11.7 Å². The SMILES string of the molecule is CCOC1CC(N(C)C(=O)c2ccc(C(=O)O)nc2)C1(C)C. The number of carbonyl (C=O) groups excluding carboxylic acids is 1. The Morgan fingerprint density at radius 2 is 2.14 bits per heavy atom. The molecule has 1 aromatic heterocycles. The predicted molar refractivity (Wildman–Crippen MR) is 80.9 cm³/mol. The van der Waals surface area contributed by atoms with Crippen molar-refractivity contribution in [2.45, 2.75) is 39.3 Å². The normalized spacial score (nSPS) is 22.7. The molecular weight excluding hydrogens is 284 g/mol. The summed E-state index contributed by atoms with van der Waals surface area (Å²) in [6, 6.07) is 2.94. The molecule has 6 nitrogen and oxygen atoms in total. The molecule has 0 radical (unpaired) electrons. The molecule has 1 aliphatic carbocycles. The van der Waals surface area contributed by atoms with Crippen LogP contribution < -0.4 is 0 Å². The lowest BCUT2D eigenvalue weighted by Gasteiger charge is -2.54. The average molecular weight is 306 g/mol. The number of carbonyl (C=O) groups is 2. The summed E-state index contributed by atoms with van der Waals surface area (Å²) in [7, 11) is 1.77. The third-order valence-corrected chi connectivity index (χ3v) is 4.51. The second-order valence-corrected chi connectivity index (χ2v) is 6.17. The van der Waals surface area contributed by atoms with E-state index >= 15 is 0 Å². The van der Waals surface area contributed by atoms with E-state index in [2.05, 4.69) is 18.8 Å². The number of ether oxygens (including phenoxy) is 1. The Morgan fingerprint density at radius 1 is 1.45 bits per heavy atom. The van der Waals surface area contributed by atoms with Gasteiger partial charge >= 0.3 is 5.97 Å². The topological polar surface area (TPSA) is 79.7 Å². The largest absolute Gasteiger partial charge is 0.477 e. The van der Waals surface area contributed by atoms with E-state index in [1.165, 1.54) is 18.3 Å². The molecule has 2 unspecified atom stereocenters. The summed E-state index contributed by atoms with van der Waals surface area (Å²) < 4.78 is 5.69. The van der Waals surface area contributed by atoms with E-state index in [0.717, 1.165) is 6.42 Å². The first-order valence-corrected chi connectivity index (χ1v) is 7.37. The van der Waals surface area contributed by atoms with Crippen molar-refractivity contribution in [1.29, 1.82) is 0 Å². The number of amides is 1. The molecule has 1 aliphatic rings. The number of aromatic carboxylic acids is 1. The molecule has 2 rings (SSSR count). The molecule has 0 aromatic carbocycles. The van der Waals surface area contributed by atoms with Crippen molar-refractivity contribution in [2.75, 3.05) is 13.7 Å². The van der Waals surface area contributed by atoms with E-state index in [9.17, 15) is 9.59 Å². The van der Waals surface area contributed by atoms with Gasteiger partial charge in [0.15, 0.2) is 0 Å². The lowest BCUT2D eigenvalue weighted by atomic mass is 9.63. The van der Waals surface area contributed by atoms with Crippen molar-refractivity contribution in [3.05, 3.63) is 29.6 Å². The first-order valence-electron chi connectivity index (χ1n) is 7.37. The van der Waals surface area contributed by atoms with Crippen LogP contribution in [0.1, 0.15) is 48.0 Å². The summed E-state index contributed by atoms with van der Waals surface area (Å²) in [6.45, 7) is 6.82. The molecule has 2 atom stereocenters. The van der Waals surface area contributed by atoms with Gasteiger partial charge in [-0.2, -0.15) is 0 Å². The molecule has 22 heavy (non-hydrogen) atoms. The van der Waals surface area contributed by atoms with Crippen LogP contribution in [0.3, 0.4) is 0 Å². The van der Waals surface area contributed by atoms with Crippen LogP contribution >= 0.6 is 0 Å². The van der Waals surface area contributed by atoms with Gasteiger partial charge in [-0.05, 0) is 25.5 Å². The molecule has 120 valence electrons. The van der Waals surface area contributed by atoms with E-state index in [4.69, 9.17) is 9.84 Å². The van der Waals surface area contributed by atoms with Crippen molar-refractivity contribution >= 4 is 11.9 Å². The minimum Gasteiger partial charge on any atom is -0.477 e. The fourth-order valence-electron chi connectivity index (χ4n) is 3.00. The van der Waals surface area contributed by atoms with Gasteiger partial charge in [0.1, 0.15) is 5.69 Å². The Hall–Kier alpha value is -1.95. The van der Waals surface area contributed by atoms with Crippen LogP contribution in [0, 0.1) is 5.41 Å². The van der Waals surface area contributed by atoms with E-state index in [0.29, 0.717) is 12.2 Å². The van der Waals surface area contributed by atoms with Crippen LogP contribution in [0.15, 0.2) is 18.3 Å². The number of rotatable bonds is 5. The van der Waals surface area contributed by atoms with Crippen LogP contribution in [0.4, 0.5) is 0 Å². The van der Waals surface area contributed by atoms with Gasteiger partial charge in [0.2, 0.25) is 0 Å². The number of aromatic nitrogens is 1. The van der Waals surface area contributed by atoms with E-state index in [1.54, 1.807) is 11.9 Å². The predicted octanol–water partition coefficient (Wildman–Crippen LogP) is 2.06. The standard InChI is InChI=1S/C16H22N2O4/c1-5-22-13-8-12(16(13,2)3)18(4)14(19)10-6-7-11(15(20)21)17-9-10/h6-7,9,12-13H,5,8H2,1-4H3,(H,20,21). The fraction of sp³-hybridized carbons (Fsp3) is 0.562. The molecule has 1 heterocycles. The Kier molecular flexibility index (Phi) is 4.51. The highest BCUT2D eigenvalue weighted by Gasteiger charge is 2.51. The third-order valence-electron chi connectivity index (χ3n) is 4.51. The lowest BCUT2D eigenvalue weighted by Crippen LogP contribution is -2.62. The van der Waals surface area contributed by atoms with E-state index in [1.807, 2.05) is 6.92 Å². The summed E-state index contributed by atoms with van der Waals surface area (Å²) in [4.78, 5) is 28.8. The molecule has 1 saturated carbocycles. The van der Waals surface area contributed by atoms with Crippen molar-refractivity contribution in [3.63, 3.8) is 0 Å². The number of hydrogen-bond acceptors (Lipinski definition) is 4. The van der Waals surface area contributed by atoms with Crippen LogP contribution in [-0.2, 0) is 4.74 Å². The Balaban J connectivity index is 2.08. The summed E-state index contributed by atoms with van der Waals surface area (Å²) >= 11 is 0. The first kappa shape index (κ1) is 16.4. The number of pyridine rings is 1. The lowest BCUT2D eigenvalue weighted by molar-refractivity contribution is -0.136. The van der Waals surface area contributed by atoms with Gasteiger partial charge in [-0.1, -0.05) is 13.8 Å². The van der Waals surface area contributed by atoms with Crippen LogP contribution in [0.25, 0.3) is 0 Å². The third kappa shape index (κ3) is 2.83. The number of carboxylic acids is 1. The Bertz CT molecular complexity index is 568. The Morgan fingerprint density at radius 3 is 2.59 bits per heavy atom. The molecular formula is C16H22N2O4. The quantitative estimate of drug-likeness (QED) is 0.900. The number of nitrogens with zero attached hydrogens (tertiary/aromatic N) is 2. The molecule has 0 spiro atoms. The van der Waals surface area contributed by atoms with E-state index < -0.39 is 5.97 Å². The van der Waals surface area contributed by atoms with Crippen LogP contribution in [0.5, 0.6) is 0 Å². The molecule has 0 saturated heterocycles. The molecule has 6 heteroatoms. The molecule has 0 bridgehead atoms. The zero-order chi connectivity index (χ0) is 16.5. The summed E-state index contributed by atoms with van der Waals surface area (Å²) in [5, 5.41) is 8.84. The highest BCUT2D eigenvalue weighted by molar-refractivity contribution is 5.95. The Labute approximate surface area is 130 Å². The zero-order valence-electron chi connectivity index (χ0n) is 13.4. The molecule has 1 fully saturated rings. The second-order valence-electron chi connectivity index (χ2n) is 6.17. The van der Waals surface area contributed by atoms with Gasteiger partial charge in [0, 0.05) is 31.3 Å². The molecule has 1 N–H and O–H groups in total. The summed E-state index contributed by atoms with van der Waals surface area (Å²) in [6.07, 6.45) is 2.28. The first-order chi connectivity index (χ1) is 10.3. The van der Waals surface area contributed by atoms with Crippen molar-refractivity contribution < 1.29 is 19.4 Å². The van der Waals surface area contributed by atoms with Crippen molar-refractivity contribution in [1.82, 2.24) is 9.88 Å². The smallest absolute Gasteiger partial charge is 0.354 e. The molecule has 1 aromatic rings. The highest BCUT2D eigenvalue weighted by atomic mass is 16.5. The number of carboxylic acid groups (broad SMARTS) is 1. The maximum atomic E-state index is 12.5. The summed E-state index contributed by atoms with van der Waals surface area (Å²) in [5.41, 5.74) is 0.220. The van der Waals surface area contributed by atoms with Gasteiger partial charge in [0.25, 0.3) is 5.91 Å². The maximum absolute atomic E-state index is 12.5. The average Bonchev–Trinajstić information content (AvgIpc) is 2.49. The van der Waals surface area contributed by atoms with Gasteiger partial charge in [-0.15, -0.1) is 0 Å².